The molecule has 0 bridgehead atoms. The highest BCUT2D eigenvalue weighted by molar-refractivity contribution is 5.93. The molecule has 2 saturated heterocycles. The van der Waals surface area contributed by atoms with Gasteiger partial charge in [-0.05, 0) is 71.0 Å². The van der Waals surface area contributed by atoms with Crippen LogP contribution in [0.2, 0.25) is 0 Å². The van der Waals surface area contributed by atoms with Gasteiger partial charge in [0.2, 0.25) is 0 Å². The van der Waals surface area contributed by atoms with Gasteiger partial charge in [0.05, 0.1) is 14.2 Å². The van der Waals surface area contributed by atoms with Crippen LogP contribution in [0.5, 0.6) is 11.5 Å². The number of ether oxygens (including phenoxy) is 2. The van der Waals surface area contributed by atoms with Crippen molar-refractivity contribution in [3.05, 3.63) is 18.2 Å². The zero-order valence-corrected chi connectivity index (χ0v) is 18.5. The Hall–Kier alpha value is -1.99. The van der Waals surface area contributed by atoms with E-state index in [1.807, 2.05) is 25.2 Å². The summed E-state index contributed by atoms with van der Waals surface area (Å²) in [5.74, 6) is 2.21. The molecule has 0 amide bonds. The molecule has 0 aliphatic carbocycles. The van der Waals surface area contributed by atoms with Crippen LogP contribution in [0.25, 0.3) is 0 Å². The number of nitrogens with zero attached hydrogens (tertiary/aromatic N) is 3. The van der Waals surface area contributed by atoms with Gasteiger partial charge in [-0.2, -0.15) is 0 Å². The summed E-state index contributed by atoms with van der Waals surface area (Å²) in [7, 11) is 7.34. The predicted molar refractivity (Wildman–Crippen MR) is 119 cm³/mol. The van der Waals surface area contributed by atoms with E-state index in [0.29, 0.717) is 5.75 Å². The maximum absolute atomic E-state index is 5.42. The van der Waals surface area contributed by atoms with Gasteiger partial charge in [0.25, 0.3) is 0 Å². The Morgan fingerprint density at radius 3 is 2.34 bits per heavy atom. The van der Waals surface area contributed by atoms with Gasteiger partial charge >= 0.3 is 0 Å². The Morgan fingerprint density at radius 1 is 1.03 bits per heavy atom. The van der Waals surface area contributed by atoms with Gasteiger partial charge in [0.15, 0.2) is 17.5 Å². The maximum Gasteiger partial charge on any atom is 0.195 e. The second-order valence-corrected chi connectivity index (χ2v) is 8.20. The van der Waals surface area contributed by atoms with Gasteiger partial charge in [0.1, 0.15) is 0 Å². The summed E-state index contributed by atoms with van der Waals surface area (Å²) < 4.78 is 10.7. The molecule has 2 N–H and O–H groups in total. The third-order valence-electron chi connectivity index (χ3n) is 6.40. The Morgan fingerprint density at radius 2 is 1.72 bits per heavy atom. The average molecular weight is 404 g/mol. The minimum Gasteiger partial charge on any atom is -0.493 e. The Kier molecular flexibility index (Phi) is 7.61. The molecule has 2 fully saturated rings. The predicted octanol–water partition coefficient (Wildman–Crippen LogP) is 2.64. The van der Waals surface area contributed by atoms with E-state index in [9.17, 15) is 0 Å². The molecule has 2 aliphatic heterocycles. The largest absolute Gasteiger partial charge is 0.493 e. The molecule has 1 aromatic rings. The molecule has 0 unspecified atom stereocenters. The lowest BCUT2D eigenvalue weighted by Gasteiger charge is -2.50. The van der Waals surface area contributed by atoms with Crippen molar-refractivity contribution in [2.45, 2.75) is 37.6 Å². The maximum atomic E-state index is 5.42. The zero-order valence-electron chi connectivity index (χ0n) is 18.5. The molecular formula is C22H37N5O2. The third-order valence-corrected chi connectivity index (χ3v) is 6.40. The number of hydrogen-bond donors (Lipinski definition) is 2. The molecule has 0 saturated carbocycles. The molecule has 1 aromatic carbocycles. The quantitative estimate of drug-likeness (QED) is 0.563. The summed E-state index contributed by atoms with van der Waals surface area (Å²) in [5.41, 5.74) is 1.13. The Balaban J connectivity index is 1.67. The van der Waals surface area contributed by atoms with Gasteiger partial charge in [0, 0.05) is 30.9 Å². The first kappa shape index (κ1) is 21.7. The SMILES string of the molecule is CN=C(NCC1(N2CCCCC2)CCN(C)CC1)Nc1ccc(OC)c(OC)c1. The van der Waals surface area contributed by atoms with E-state index in [2.05, 4.69) is 32.5 Å². The molecule has 3 rings (SSSR count). The van der Waals surface area contributed by atoms with Gasteiger partial charge in [-0.15, -0.1) is 0 Å². The Bertz CT molecular complexity index is 680. The van der Waals surface area contributed by atoms with E-state index in [1.165, 1.54) is 45.2 Å². The monoisotopic (exact) mass is 403 g/mol. The highest BCUT2D eigenvalue weighted by Gasteiger charge is 2.39. The molecule has 7 heteroatoms. The fraction of sp³-hybridized carbons (Fsp3) is 0.682. The van der Waals surface area contributed by atoms with Crippen molar-refractivity contribution in [1.82, 2.24) is 15.1 Å². The van der Waals surface area contributed by atoms with Crippen LogP contribution in [0.3, 0.4) is 0 Å². The lowest BCUT2D eigenvalue weighted by atomic mass is 9.84. The topological polar surface area (TPSA) is 61.4 Å². The number of guanidine groups is 1. The van der Waals surface area contributed by atoms with Gasteiger partial charge in [-0.25, -0.2) is 0 Å². The van der Waals surface area contributed by atoms with Gasteiger partial charge in [-0.1, -0.05) is 6.42 Å². The lowest BCUT2D eigenvalue weighted by molar-refractivity contribution is 0.0174. The molecule has 2 heterocycles. The number of benzene rings is 1. The molecule has 0 aromatic heterocycles. The molecule has 29 heavy (non-hydrogen) atoms. The minimum absolute atomic E-state index is 0.210. The van der Waals surface area contributed by atoms with Crippen molar-refractivity contribution in [1.29, 1.82) is 0 Å². The number of nitrogens with one attached hydrogen (secondary N) is 2. The van der Waals surface area contributed by atoms with Crippen LogP contribution in [0.4, 0.5) is 5.69 Å². The normalized spacial score (nSPS) is 20.9. The van der Waals surface area contributed by atoms with Crippen LogP contribution in [-0.2, 0) is 0 Å². The van der Waals surface area contributed by atoms with E-state index in [0.717, 1.165) is 37.0 Å². The van der Waals surface area contributed by atoms with Crippen molar-refractivity contribution in [2.24, 2.45) is 4.99 Å². The molecule has 7 nitrogen and oxygen atoms in total. The van der Waals surface area contributed by atoms with Crippen molar-refractivity contribution in [2.75, 3.05) is 66.4 Å². The Labute approximate surface area is 175 Å². The van der Waals surface area contributed by atoms with E-state index < -0.39 is 0 Å². The zero-order chi connectivity index (χ0) is 20.7. The van der Waals surface area contributed by atoms with E-state index in [-0.39, 0.29) is 5.54 Å². The fourth-order valence-corrected chi connectivity index (χ4v) is 4.49. The van der Waals surface area contributed by atoms with Crippen molar-refractivity contribution < 1.29 is 9.47 Å². The van der Waals surface area contributed by atoms with E-state index in [1.54, 1.807) is 14.2 Å². The number of likely N-dealkylation sites (tertiary alicyclic amines) is 2. The smallest absolute Gasteiger partial charge is 0.195 e. The van der Waals surface area contributed by atoms with E-state index >= 15 is 0 Å². The van der Waals surface area contributed by atoms with Crippen LogP contribution in [-0.4, -0.2) is 82.3 Å². The number of aliphatic imine (C=N–C) groups is 1. The first-order valence-electron chi connectivity index (χ1n) is 10.7. The second kappa shape index (κ2) is 10.2. The minimum atomic E-state index is 0.210. The summed E-state index contributed by atoms with van der Waals surface area (Å²) >= 11 is 0. The van der Waals surface area contributed by atoms with Crippen LogP contribution in [0.15, 0.2) is 23.2 Å². The van der Waals surface area contributed by atoms with Gasteiger partial charge < -0.3 is 25.0 Å². The first-order valence-corrected chi connectivity index (χ1v) is 10.7. The summed E-state index contributed by atoms with van der Waals surface area (Å²) in [4.78, 5) is 9.63. The highest BCUT2D eigenvalue weighted by Crippen LogP contribution is 2.31. The number of methoxy groups -OCH3 is 2. The fourth-order valence-electron chi connectivity index (χ4n) is 4.49. The number of hydrogen-bond acceptors (Lipinski definition) is 5. The second-order valence-electron chi connectivity index (χ2n) is 8.20. The lowest BCUT2D eigenvalue weighted by Crippen LogP contribution is -2.61. The average Bonchev–Trinajstić information content (AvgIpc) is 2.78. The van der Waals surface area contributed by atoms with Crippen LogP contribution in [0.1, 0.15) is 32.1 Å². The summed E-state index contributed by atoms with van der Waals surface area (Å²) in [6.07, 6.45) is 6.39. The highest BCUT2D eigenvalue weighted by atomic mass is 16.5. The van der Waals surface area contributed by atoms with Crippen LogP contribution < -0.4 is 20.1 Å². The molecule has 0 radical (unpaired) electrons. The van der Waals surface area contributed by atoms with E-state index in [4.69, 9.17) is 9.47 Å². The summed E-state index contributed by atoms with van der Waals surface area (Å²) in [6.45, 7) is 5.65. The molecule has 0 atom stereocenters. The van der Waals surface area contributed by atoms with Crippen LogP contribution in [0, 0.1) is 0 Å². The third kappa shape index (κ3) is 5.34. The number of anilines is 1. The standard InChI is InChI=1S/C22H37N5O2/c1-23-21(25-18-8-9-19(28-3)20(16-18)29-4)24-17-22(10-14-26(2)15-11-22)27-12-6-5-7-13-27/h8-9,16H,5-7,10-15,17H2,1-4H3,(H2,23,24,25). The first-order chi connectivity index (χ1) is 14.1. The van der Waals surface area contributed by atoms with Crippen LogP contribution >= 0.6 is 0 Å². The number of piperidine rings is 2. The van der Waals surface area contributed by atoms with Crippen molar-refractivity contribution >= 4 is 11.6 Å². The molecule has 0 spiro atoms. The summed E-state index contributed by atoms with van der Waals surface area (Å²) in [6, 6.07) is 5.81. The van der Waals surface area contributed by atoms with Gasteiger partial charge in [-0.3, -0.25) is 9.89 Å². The molecule has 162 valence electrons. The molecule has 2 aliphatic rings. The van der Waals surface area contributed by atoms with Crippen molar-refractivity contribution in [3.63, 3.8) is 0 Å². The van der Waals surface area contributed by atoms with Crippen molar-refractivity contribution in [3.8, 4) is 11.5 Å². The molecular weight excluding hydrogens is 366 g/mol. The summed E-state index contributed by atoms with van der Waals surface area (Å²) in [5, 5.41) is 7.01. The number of rotatable bonds is 6.